The van der Waals surface area contributed by atoms with E-state index in [1.54, 1.807) is 35.8 Å². The fraction of sp³-hybridized carbons (Fsp3) is 0.400. The number of amides is 3. The summed E-state index contributed by atoms with van der Waals surface area (Å²) in [6.45, 7) is 4.03. The van der Waals surface area contributed by atoms with Crippen molar-refractivity contribution in [1.29, 1.82) is 0 Å². The van der Waals surface area contributed by atoms with Gasteiger partial charge in [-0.05, 0) is 50.3 Å². The molecule has 48 heavy (non-hydrogen) atoms. The molecule has 0 unspecified atom stereocenters. The number of rotatable bonds is 11. The molecular weight excluding hydrogens is 616 g/mol. The molecule has 258 valence electrons. The zero-order valence-electron chi connectivity index (χ0n) is 28.1. The summed E-state index contributed by atoms with van der Waals surface area (Å²) in [7, 11) is 5.43. The van der Waals surface area contributed by atoms with Crippen LogP contribution < -0.4 is 11.1 Å². The molecule has 2 aromatic carbocycles. The van der Waals surface area contributed by atoms with E-state index in [2.05, 4.69) is 10.3 Å². The molecular formula is C35H46N6O7. The molecule has 4 rings (SSSR count). The topological polar surface area (TPSA) is 189 Å². The fourth-order valence-electron chi connectivity index (χ4n) is 5.65. The number of H-pyrrole nitrogens is 1. The van der Waals surface area contributed by atoms with Crippen molar-refractivity contribution in [3.8, 4) is 0 Å². The lowest BCUT2D eigenvalue weighted by Crippen LogP contribution is -2.61. The Kier molecular flexibility index (Phi) is 12.6. The van der Waals surface area contributed by atoms with Crippen LogP contribution >= 0.6 is 0 Å². The first-order chi connectivity index (χ1) is 22.5. The molecule has 0 bridgehead atoms. The van der Waals surface area contributed by atoms with Gasteiger partial charge in [0.1, 0.15) is 6.04 Å². The van der Waals surface area contributed by atoms with Crippen LogP contribution in [-0.2, 0) is 36.8 Å². The number of aromatic amines is 1. The van der Waals surface area contributed by atoms with Gasteiger partial charge in [0.2, 0.25) is 17.7 Å². The van der Waals surface area contributed by atoms with Crippen LogP contribution in [0.1, 0.15) is 37.8 Å². The van der Waals surface area contributed by atoms with Crippen molar-refractivity contribution in [3.63, 3.8) is 0 Å². The molecule has 3 aromatic rings. The van der Waals surface area contributed by atoms with Gasteiger partial charge in [0.05, 0.1) is 11.0 Å². The van der Waals surface area contributed by atoms with Crippen LogP contribution in [0.3, 0.4) is 0 Å². The second kappa shape index (κ2) is 16.2. The van der Waals surface area contributed by atoms with E-state index in [9.17, 15) is 24.0 Å². The summed E-state index contributed by atoms with van der Waals surface area (Å²) in [6, 6.07) is 17.0. The predicted molar refractivity (Wildman–Crippen MR) is 181 cm³/mol. The number of hydrazine groups is 1. The Morgan fingerprint density at radius 2 is 1.60 bits per heavy atom. The van der Waals surface area contributed by atoms with Crippen LogP contribution in [-0.4, -0.2) is 106 Å². The van der Waals surface area contributed by atoms with E-state index in [1.807, 2.05) is 74.9 Å². The van der Waals surface area contributed by atoms with Crippen molar-refractivity contribution >= 4 is 40.6 Å². The summed E-state index contributed by atoms with van der Waals surface area (Å²) in [6.07, 6.45) is 5.17. The number of para-hydroxylation sites is 1. The minimum atomic E-state index is -1.26. The number of fused-ring (bicyclic) bond motifs is 1. The smallest absolute Gasteiger partial charge is 0.328 e. The van der Waals surface area contributed by atoms with E-state index in [-0.39, 0.29) is 18.4 Å². The van der Waals surface area contributed by atoms with Crippen molar-refractivity contribution in [2.75, 3.05) is 34.2 Å². The van der Waals surface area contributed by atoms with Crippen LogP contribution in [0.15, 0.2) is 72.9 Å². The third-order valence-electron chi connectivity index (χ3n) is 8.28. The van der Waals surface area contributed by atoms with E-state index < -0.39 is 34.8 Å². The summed E-state index contributed by atoms with van der Waals surface area (Å²) in [5.41, 5.74) is 7.10. The van der Waals surface area contributed by atoms with Crippen LogP contribution in [0.2, 0.25) is 0 Å². The normalized spacial score (nSPS) is 17.0. The summed E-state index contributed by atoms with van der Waals surface area (Å²) >= 11 is 0. The Morgan fingerprint density at radius 3 is 2.19 bits per heavy atom. The van der Waals surface area contributed by atoms with Gasteiger partial charge in [0.25, 0.3) is 0 Å². The van der Waals surface area contributed by atoms with Gasteiger partial charge in [-0.3, -0.25) is 19.4 Å². The molecule has 2 atom stereocenters. The van der Waals surface area contributed by atoms with Gasteiger partial charge in [-0.2, -0.15) is 0 Å². The first kappa shape index (κ1) is 37.4. The Hall–Kier alpha value is -5.01. The molecule has 1 fully saturated rings. The maximum atomic E-state index is 14.2. The molecule has 0 aliphatic carbocycles. The Morgan fingerprint density at radius 1 is 1.00 bits per heavy atom. The average Bonchev–Trinajstić information content (AvgIpc) is 3.45. The van der Waals surface area contributed by atoms with Gasteiger partial charge < -0.3 is 31.1 Å². The molecule has 3 amide bonds. The second-order valence-electron chi connectivity index (χ2n) is 12.8. The molecule has 6 N–H and O–H groups in total. The number of hydrogen-bond acceptors (Lipinski definition) is 7. The fourth-order valence-corrected chi connectivity index (χ4v) is 5.65. The van der Waals surface area contributed by atoms with Gasteiger partial charge in [0, 0.05) is 69.9 Å². The maximum absolute atomic E-state index is 14.2. The summed E-state index contributed by atoms with van der Waals surface area (Å²) in [4.78, 5) is 65.3. The summed E-state index contributed by atoms with van der Waals surface area (Å²) in [5.74, 6) is -3.15. The highest BCUT2D eigenvalue weighted by molar-refractivity contribution is 5.93. The Balaban J connectivity index is 0.000000694. The highest BCUT2D eigenvalue weighted by Gasteiger charge is 2.46. The van der Waals surface area contributed by atoms with Crippen molar-refractivity contribution in [2.45, 2.75) is 51.1 Å². The van der Waals surface area contributed by atoms with Gasteiger partial charge in [-0.1, -0.05) is 48.5 Å². The lowest BCUT2D eigenvalue weighted by atomic mass is 9.74. The SMILES string of the molecule is CN(C)N(C)C(=O)[C@]1(Cc2ccccc2)CCCN(C(=O)[C@H](Cc2c[nH]c3ccccc23)NC(=O)C(C)(C)N)C1.O=C(O)/C=C/C(=O)O. The van der Waals surface area contributed by atoms with E-state index in [0.717, 1.165) is 22.0 Å². The van der Waals surface area contributed by atoms with E-state index >= 15 is 0 Å². The molecule has 1 aliphatic heterocycles. The molecule has 1 aromatic heterocycles. The van der Waals surface area contributed by atoms with Crippen LogP contribution in [0.5, 0.6) is 0 Å². The van der Waals surface area contributed by atoms with E-state index in [4.69, 9.17) is 15.9 Å². The quantitative estimate of drug-likeness (QED) is 0.152. The molecule has 0 spiro atoms. The molecule has 0 radical (unpaired) electrons. The molecule has 13 heteroatoms. The minimum Gasteiger partial charge on any atom is -0.478 e. The molecule has 2 heterocycles. The maximum Gasteiger partial charge on any atom is 0.328 e. The number of piperidine rings is 1. The van der Waals surface area contributed by atoms with Crippen molar-refractivity contribution < 1.29 is 34.2 Å². The predicted octanol–water partition coefficient (Wildman–Crippen LogP) is 2.43. The van der Waals surface area contributed by atoms with Crippen molar-refractivity contribution in [2.24, 2.45) is 11.1 Å². The second-order valence-corrected chi connectivity index (χ2v) is 12.8. The van der Waals surface area contributed by atoms with Crippen molar-refractivity contribution in [3.05, 3.63) is 84.1 Å². The molecule has 1 saturated heterocycles. The standard InChI is InChI=1S/C31H42N6O3.C4H4O4/c1-30(2,32)28(39)34-26(18-23-20-33-25-15-10-9-14-24(23)25)27(38)37-17-11-16-31(21-37,29(40)36(5)35(3)4)19-22-12-7-6-8-13-22;5-3(6)1-2-4(7)8/h6-10,12-15,20,26,33H,11,16-19,21,32H2,1-5H3,(H,34,39);1-2H,(H,5,6)(H,7,8)/b;2-1+/t26-,31-;/m0./s1. The number of carbonyl (C=O) groups is 5. The lowest BCUT2D eigenvalue weighted by molar-refractivity contribution is -0.159. The third-order valence-corrected chi connectivity index (χ3v) is 8.28. The molecule has 1 aliphatic rings. The number of carboxylic acids is 2. The van der Waals surface area contributed by atoms with E-state index in [0.29, 0.717) is 44.4 Å². The zero-order chi connectivity index (χ0) is 35.6. The largest absolute Gasteiger partial charge is 0.478 e. The van der Waals surface area contributed by atoms with Crippen molar-refractivity contribution in [1.82, 2.24) is 25.2 Å². The average molecular weight is 663 g/mol. The number of hydrogen-bond donors (Lipinski definition) is 5. The number of carboxylic acid groups (broad SMARTS) is 2. The first-order valence-electron chi connectivity index (χ1n) is 15.6. The first-order valence-corrected chi connectivity index (χ1v) is 15.6. The molecule has 0 saturated carbocycles. The van der Waals surface area contributed by atoms with Crippen LogP contribution in [0.25, 0.3) is 10.9 Å². The van der Waals surface area contributed by atoms with Gasteiger partial charge >= 0.3 is 11.9 Å². The number of nitrogens with two attached hydrogens (primary N) is 1. The number of carbonyl (C=O) groups excluding carboxylic acids is 3. The summed E-state index contributed by atoms with van der Waals surface area (Å²) < 4.78 is 0. The Labute approximate surface area is 280 Å². The number of aliphatic carboxylic acids is 2. The number of benzene rings is 2. The van der Waals surface area contributed by atoms with Gasteiger partial charge in [-0.25, -0.2) is 14.6 Å². The van der Waals surface area contributed by atoms with Crippen LogP contribution in [0, 0.1) is 5.41 Å². The monoisotopic (exact) mass is 662 g/mol. The lowest BCUT2D eigenvalue weighted by Gasteiger charge is -2.45. The van der Waals surface area contributed by atoms with Gasteiger partial charge in [0.15, 0.2) is 0 Å². The molecule has 13 nitrogen and oxygen atoms in total. The summed E-state index contributed by atoms with van der Waals surface area (Å²) in [5, 5.41) is 22.9. The highest BCUT2D eigenvalue weighted by Crippen LogP contribution is 2.36. The van der Waals surface area contributed by atoms with E-state index in [1.165, 1.54) is 0 Å². The number of nitrogens with one attached hydrogen (secondary N) is 2. The van der Waals surface area contributed by atoms with Gasteiger partial charge in [-0.15, -0.1) is 0 Å². The number of nitrogens with zero attached hydrogens (tertiary/aromatic N) is 3. The Bertz CT molecular complexity index is 1610. The minimum absolute atomic E-state index is 0.0286. The zero-order valence-corrected chi connectivity index (χ0v) is 28.1. The number of aromatic nitrogens is 1. The number of likely N-dealkylation sites (tertiary alicyclic amines) is 1. The van der Waals surface area contributed by atoms with Crippen LogP contribution in [0.4, 0.5) is 0 Å². The third kappa shape index (κ3) is 9.99. The highest BCUT2D eigenvalue weighted by atomic mass is 16.4.